The molecule has 5 nitrogen and oxygen atoms in total. The van der Waals surface area contributed by atoms with Gasteiger partial charge in [0.15, 0.2) is 0 Å². The molecule has 1 aliphatic heterocycles. The zero-order valence-corrected chi connectivity index (χ0v) is 8.64. The van der Waals surface area contributed by atoms with Crippen molar-refractivity contribution in [2.24, 2.45) is 0 Å². The summed E-state index contributed by atoms with van der Waals surface area (Å²) in [5.74, 6) is 0.738. The fourth-order valence-electron chi connectivity index (χ4n) is 1.76. The number of aromatic nitrogens is 2. The normalized spacial score (nSPS) is 21.2. The minimum Gasteiger partial charge on any atom is -0.366 e. The van der Waals surface area contributed by atoms with Crippen LogP contribution in [0.15, 0.2) is 12.4 Å². The van der Waals surface area contributed by atoms with Crippen LogP contribution in [-0.2, 0) is 0 Å². The predicted octanol–water partition coefficient (Wildman–Crippen LogP) is 0.464. The van der Waals surface area contributed by atoms with Crippen LogP contribution in [0.3, 0.4) is 0 Å². The number of hydrogen-bond donors (Lipinski definition) is 1. The number of likely N-dealkylation sites (tertiary alicyclic amines) is 1. The van der Waals surface area contributed by atoms with Gasteiger partial charge in [-0.25, -0.2) is 9.97 Å². The lowest BCUT2D eigenvalue weighted by atomic mass is 10.2. The van der Waals surface area contributed by atoms with Crippen molar-refractivity contribution < 1.29 is 0 Å². The van der Waals surface area contributed by atoms with Crippen LogP contribution in [0.2, 0.25) is 0 Å². The first kappa shape index (κ1) is 9.87. The van der Waals surface area contributed by atoms with Crippen LogP contribution in [0.5, 0.6) is 0 Å². The largest absolute Gasteiger partial charge is 0.366 e. The van der Waals surface area contributed by atoms with Crippen molar-refractivity contribution in [1.29, 1.82) is 5.26 Å². The highest BCUT2D eigenvalue weighted by Crippen LogP contribution is 2.12. The molecule has 2 rings (SSSR count). The molecule has 5 heteroatoms. The van der Waals surface area contributed by atoms with E-state index in [0.29, 0.717) is 11.7 Å². The second-order valence-electron chi connectivity index (χ2n) is 3.79. The van der Waals surface area contributed by atoms with Crippen LogP contribution in [0, 0.1) is 11.3 Å². The molecular formula is C10H13N5. The van der Waals surface area contributed by atoms with E-state index in [2.05, 4.69) is 27.2 Å². The Balaban J connectivity index is 2.02. The molecule has 1 atom stereocenters. The van der Waals surface area contributed by atoms with E-state index in [-0.39, 0.29) is 0 Å². The summed E-state index contributed by atoms with van der Waals surface area (Å²) in [5, 5.41) is 12.0. The van der Waals surface area contributed by atoms with Gasteiger partial charge in [0.2, 0.25) is 0 Å². The third-order valence-electron chi connectivity index (χ3n) is 2.52. The predicted molar refractivity (Wildman–Crippen MR) is 56.3 cm³/mol. The Bertz CT molecular complexity index is 384. The zero-order valence-electron chi connectivity index (χ0n) is 8.64. The summed E-state index contributed by atoms with van der Waals surface area (Å²) >= 11 is 0. The van der Waals surface area contributed by atoms with Gasteiger partial charge in [0.25, 0.3) is 0 Å². The van der Waals surface area contributed by atoms with E-state index in [1.165, 1.54) is 6.33 Å². The van der Waals surface area contributed by atoms with E-state index in [1.807, 2.05) is 6.07 Å². The average Bonchev–Trinajstić information content (AvgIpc) is 2.64. The number of nitriles is 1. The van der Waals surface area contributed by atoms with Crippen LogP contribution >= 0.6 is 0 Å². The molecule has 0 spiro atoms. The number of hydrogen-bond acceptors (Lipinski definition) is 5. The molecule has 0 amide bonds. The molecule has 1 unspecified atom stereocenters. The van der Waals surface area contributed by atoms with Gasteiger partial charge in [0, 0.05) is 18.7 Å². The highest BCUT2D eigenvalue weighted by atomic mass is 15.2. The quantitative estimate of drug-likeness (QED) is 0.756. The van der Waals surface area contributed by atoms with E-state index in [0.717, 1.165) is 25.3 Å². The van der Waals surface area contributed by atoms with Crippen LogP contribution in [0.4, 0.5) is 5.82 Å². The van der Waals surface area contributed by atoms with Crippen molar-refractivity contribution in [3.63, 3.8) is 0 Å². The first-order valence-corrected chi connectivity index (χ1v) is 4.95. The molecule has 1 aromatic heterocycles. The van der Waals surface area contributed by atoms with Crippen molar-refractivity contribution in [3.8, 4) is 6.07 Å². The summed E-state index contributed by atoms with van der Waals surface area (Å²) in [6.45, 7) is 2.12. The van der Waals surface area contributed by atoms with E-state index in [1.54, 1.807) is 6.07 Å². The molecule has 78 valence electrons. The van der Waals surface area contributed by atoms with Crippen molar-refractivity contribution in [2.75, 3.05) is 25.5 Å². The molecule has 1 aliphatic rings. The minimum atomic E-state index is 0.402. The lowest BCUT2D eigenvalue weighted by Crippen LogP contribution is -2.24. The SMILES string of the molecule is CN1CCC(Nc2cc(C#N)ncn2)C1. The molecule has 0 bridgehead atoms. The van der Waals surface area contributed by atoms with E-state index < -0.39 is 0 Å². The maximum absolute atomic E-state index is 8.69. The molecule has 15 heavy (non-hydrogen) atoms. The highest BCUT2D eigenvalue weighted by molar-refractivity contribution is 5.39. The molecule has 0 aliphatic carbocycles. The molecular weight excluding hydrogens is 190 g/mol. The number of nitrogens with one attached hydrogen (secondary N) is 1. The maximum Gasteiger partial charge on any atom is 0.145 e. The maximum atomic E-state index is 8.69. The van der Waals surface area contributed by atoms with Gasteiger partial charge in [0.05, 0.1) is 0 Å². The summed E-state index contributed by atoms with van der Waals surface area (Å²) in [5.41, 5.74) is 0.402. The number of nitrogens with zero attached hydrogens (tertiary/aromatic N) is 4. The van der Waals surface area contributed by atoms with Gasteiger partial charge in [0.1, 0.15) is 23.9 Å². The van der Waals surface area contributed by atoms with Gasteiger partial charge in [-0.2, -0.15) is 5.26 Å². The topological polar surface area (TPSA) is 64.8 Å². The summed E-state index contributed by atoms with van der Waals surface area (Å²) in [6.07, 6.45) is 2.53. The van der Waals surface area contributed by atoms with E-state index in [4.69, 9.17) is 5.26 Å². The van der Waals surface area contributed by atoms with Gasteiger partial charge < -0.3 is 10.2 Å². The first-order valence-electron chi connectivity index (χ1n) is 4.95. The highest BCUT2D eigenvalue weighted by Gasteiger charge is 2.19. The van der Waals surface area contributed by atoms with Gasteiger partial charge >= 0.3 is 0 Å². The zero-order chi connectivity index (χ0) is 10.7. The molecule has 1 N–H and O–H groups in total. The number of anilines is 1. The van der Waals surface area contributed by atoms with Crippen molar-refractivity contribution in [1.82, 2.24) is 14.9 Å². The lowest BCUT2D eigenvalue weighted by Gasteiger charge is -2.12. The summed E-state index contributed by atoms with van der Waals surface area (Å²) in [4.78, 5) is 10.2. The molecule has 2 heterocycles. The Morgan fingerprint density at radius 2 is 2.47 bits per heavy atom. The van der Waals surface area contributed by atoms with Gasteiger partial charge in [-0.3, -0.25) is 0 Å². The third kappa shape index (κ3) is 2.42. The van der Waals surface area contributed by atoms with Gasteiger partial charge in [-0.1, -0.05) is 0 Å². The molecule has 0 saturated carbocycles. The van der Waals surface area contributed by atoms with E-state index >= 15 is 0 Å². The van der Waals surface area contributed by atoms with Gasteiger partial charge in [-0.15, -0.1) is 0 Å². The third-order valence-corrected chi connectivity index (χ3v) is 2.52. The van der Waals surface area contributed by atoms with Crippen LogP contribution < -0.4 is 5.32 Å². The summed E-state index contributed by atoms with van der Waals surface area (Å²) in [6, 6.07) is 4.11. The fraction of sp³-hybridized carbons (Fsp3) is 0.500. The Labute approximate surface area is 88.8 Å². The summed E-state index contributed by atoms with van der Waals surface area (Å²) < 4.78 is 0. The molecule has 0 aromatic carbocycles. The lowest BCUT2D eigenvalue weighted by molar-refractivity contribution is 0.414. The van der Waals surface area contributed by atoms with Crippen LogP contribution in [0.1, 0.15) is 12.1 Å². The molecule has 1 fully saturated rings. The molecule has 1 aromatic rings. The Hall–Kier alpha value is -1.67. The van der Waals surface area contributed by atoms with Crippen molar-refractivity contribution >= 4 is 5.82 Å². The Kier molecular flexibility index (Phi) is 2.79. The Morgan fingerprint density at radius 3 is 3.13 bits per heavy atom. The second kappa shape index (κ2) is 4.24. The van der Waals surface area contributed by atoms with Crippen molar-refractivity contribution in [3.05, 3.63) is 18.1 Å². The molecule has 1 saturated heterocycles. The second-order valence-corrected chi connectivity index (χ2v) is 3.79. The fourth-order valence-corrected chi connectivity index (χ4v) is 1.76. The van der Waals surface area contributed by atoms with E-state index in [9.17, 15) is 0 Å². The van der Waals surface area contributed by atoms with Crippen LogP contribution in [0.25, 0.3) is 0 Å². The monoisotopic (exact) mass is 203 g/mol. The first-order chi connectivity index (χ1) is 7.28. The smallest absolute Gasteiger partial charge is 0.145 e. The Morgan fingerprint density at radius 1 is 1.60 bits per heavy atom. The number of rotatable bonds is 2. The van der Waals surface area contributed by atoms with Crippen LogP contribution in [-0.4, -0.2) is 41.0 Å². The molecule has 0 radical (unpaired) electrons. The van der Waals surface area contributed by atoms with Gasteiger partial charge in [-0.05, 0) is 20.0 Å². The summed E-state index contributed by atoms with van der Waals surface area (Å²) in [7, 11) is 2.10. The standard InChI is InChI=1S/C10H13N5/c1-15-3-2-8(6-15)14-10-4-9(5-11)12-7-13-10/h4,7-8H,2-3,6H2,1H3,(H,12,13,14). The van der Waals surface area contributed by atoms with Crippen molar-refractivity contribution in [2.45, 2.75) is 12.5 Å². The minimum absolute atomic E-state index is 0.402. The number of likely N-dealkylation sites (N-methyl/N-ethyl adjacent to an activating group) is 1. The average molecular weight is 203 g/mol.